The monoisotopic (exact) mass is 393 g/mol. The lowest BCUT2D eigenvalue weighted by Gasteiger charge is -2.27. The average Bonchev–Trinajstić information content (AvgIpc) is 2.33. The van der Waals surface area contributed by atoms with Crippen molar-refractivity contribution in [2.24, 2.45) is 0 Å². The number of benzene rings is 1. The van der Waals surface area contributed by atoms with Crippen molar-refractivity contribution in [3.63, 3.8) is 0 Å². The van der Waals surface area contributed by atoms with Gasteiger partial charge in [-0.15, -0.1) is 0 Å². The second-order valence-corrected chi connectivity index (χ2v) is 5.88. The number of carboxylic acids is 1. The van der Waals surface area contributed by atoms with Gasteiger partial charge in [-0.2, -0.15) is 0 Å². The summed E-state index contributed by atoms with van der Waals surface area (Å²) in [7, 11) is 0. The second kappa shape index (κ2) is 7.56. The lowest BCUT2D eigenvalue weighted by Crippen LogP contribution is -2.38. The molecule has 6 heteroatoms. The van der Waals surface area contributed by atoms with Crippen LogP contribution in [-0.2, 0) is 4.79 Å². The van der Waals surface area contributed by atoms with Gasteiger partial charge in [0.2, 0.25) is 0 Å². The van der Waals surface area contributed by atoms with Crippen molar-refractivity contribution in [2.45, 2.75) is 32.7 Å². The number of rotatable bonds is 6. The molecule has 0 spiro atoms. The van der Waals surface area contributed by atoms with Gasteiger partial charge in [-0.1, -0.05) is 0 Å². The molecule has 0 aromatic heterocycles. The quantitative estimate of drug-likeness (QED) is 0.756. The predicted octanol–water partition coefficient (Wildman–Crippen LogP) is 3.15. The van der Waals surface area contributed by atoms with Gasteiger partial charge in [0.25, 0.3) is 5.91 Å². The molecule has 1 amide bonds. The molecule has 0 aliphatic heterocycles. The highest BCUT2D eigenvalue weighted by atomic mass is 127. The van der Waals surface area contributed by atoms with E-state index in [9.17, 15) is 14.0 Å². The lowest BCUT2D eigenvalue weighted by atomic mass is 10.1. The van der Waals surface area contributed by atoms with E-state index in [2.05, 4.69) is 0 Å². The van der Waals surface area contributed by atoms with Crippen molar-refractivity contribution in [3.05, 3.63) is 33.1 Å². The minimum atomic E-state index is -0.877. The van der Waals surface area contributed by atoms with E-state index in [1.807, 2.05) is 36.4 Å². The maximum atomic E-state index is 13.1. The number of aliphatic carboxylic acids is 1. The largest absolute Gasteiger partial charge is 0.481 e. The third-order valence-corrected chi connectivity index (χ3v) is 3.73. The summed E-state index contributed by atoms with van der Waals surface area (Å²) < 4.78 is 13.6. The molecule has 1 N–H and O–H groups in total. The van der Waals surface area contributed by atoms with Gasteiger partial charge >= 0.3 is 5.97 Å². The Balaban J connectivity index is 2.85. The minimum absolute atomic E-state index is 0.0248. The Morgan fingerprint density at radius 2 is 2.05 bits per heavy atom. The molecule has 1 rings (SSSR count). The summed E-state index contributed by atoms with van der Waals surface area (Å²) in [5, 5.41) is 8.65. The Bertz CT molecular complexity index is 505. The van der Waals surface area contributed by atoms with Crippen LogP contribution < -0.4 is 0 Å². The highest BCUT2D eigenvalue weighted by Gasteiger charge is 2.21. The van der Waals surface area contributed by atoms with Gasteiger partial charge in [-0.25, -0.2) is 4.39 Å². The molecule has 0 aliphatic rings. The number of amides is 1. The van der Waals surface area contributed by atoms with Crippen LogP contribution in [0.1, 0.15) is 37.0 Å². The molecule has 0 fully saturated rings. The van der Waals surface area contributed by atoms with Crippen molar-refractivity contribution in [3.8, 4) is 0 Å². The minimum Gasteiger partial charge on any atom is -0.481 e. The van der Waals surface area contributed by atoms with Crippen LogP contribution in [0.4, 0.5) is 4.39 Å². The molecule has 0 bridgehead atoms. The lowest BCUT2D eigenvalue weighted by molar-refractivity contribution is -0.137. The maximum absolute atomic E-state index is 13.1. The molecule has 20 heavy (non-hydrogen) atoms. The third-order valence-electron chi connectivity index (χ3n) is 2.84. The summed E-state index contributed by atoms with van der Waals surface area (Å²) in [6.45, 7) is 4.11. The molecule has 110 valence electrons. The fourth-order valence-electron chi connectivity index (χ4n) is 1.81. The van der Waals surface area contributed by atoms with Crippen molar-refractivity contribution in [1.82, 2.24) is 4.90 Å². The van der Waals surface area contributed by atoms with Gasteiger partial charge in [0.05, 0.1) is 5.56 Å². The first-order valence-corrected chi connectivity index (χ1v) is 7.38. The fourth-order valence-corrected chi connectivity index (χ4v) is 2.52. The van der Waals surface area contributed by atoms with E-state index in [0.29, 0.717) is 22.1 Å². The number of carbonyl (C=O) groups is 2. The molecule has 0 saturated heterocycles. The summed E-state index contributed by atoms with van der Waals surface area (Å²) in [5.41, 5.74) is 0.441. The SMILES string of the molecule is CC(C)N(CCCC(=O)O)C(=O)c1ccc(F)cc1I. The number of carboxylic acid groups (broad SMARTS) is 1. The number of halogens is 2. The molecule has 0 heterocycles. The smallest absolute Gasteiger partial charge is 0.303 e. The molecule has 4 nitrogen and oxygen atoms in total. The molecule has 1 aromatic rings. The van der Waals surface area contributed by atoms with Crippen LogP contribution in [0.5, 0.6) is 0 Å². The molecule has 0 unspecified atom stereocenters. The van der Waals surface area contributed by atoms with E-state index in [1.54, 1.807) is 4.90 Å². The molecule has 0 radical (unpaired) electrons. The molecular weight excluding hydrogens is 376 g/mol. The van der Waals surface area contributed by atoms with E-state index in [4.69, 9.17) is 5.11 Å². The Hall–Kier alpha value is -1.18. The van der Waals surface area contributed by atoms with Gasteiger partial charge < -0.3 is 10.0 Å². The van der Waals surface area contributed by atoms with Crippen molar-refractivity contribution < 1.29 is 19.1 Å². The predicted molar refractivity (Wildman–Crippen MR) is 82.2 cm³/mol. The Kier molecular flexibility index (Phi) is 6.38. The second-order valence-electron chi connectivity index (χ2n) is 4.71. The average molecular weight is 393 g/mol. The summed E-state index contributed by atoms with van der Waals surface area (Å²) in [4.78, 5) is 24.6. The Morgan fingerprint density at radius 3 is 2.55 bits per heavy atom. The van der Waals surface area contributed by atoms with Crippen LogP contribution in [0.2, 0.25) is 0 Å². The summed E-state index contributed by atoms with van der Waals surface area (Å²) in [6.07, 6.45) is 0.425. The highest BCUT2D eigenvalue weighted by molar-refractivity contribution is 14.1. The molecule has 0 aliphatic carbocycles. The van der Waals surface area contributed by atoms with Crippen LogP contribution >= 0.6 is 22.6 Å². The topological polar surface area (TPSA) is 57.6 Å². The zero-order valence-corrected chi connectivity index (χ0v) is 13.6. The maximum Gasteiger partial charge on any atom is 0.303 e. The van der Waals surface area contributed by atoms with Crippen molar-refractivity contribution in [2.75, 3.05) is 6.54 Å². The van der Waals surface area contributed by atoms with Gasteiger partial charge in [-0.3, -0.25) is 9.59 Å². The number of nitrogens with zero attached hydrogens (tertiary/aromatic N) is 1. The van der Waals surface area contributed by atoms with E-state index in [0.717, 1.165) is 0 Å². The van der Waals surface area contributed by atoms with Crippen LogP contribution in [0, 0.1) is 9.39 Å². The van der Waals surface area contributed by atoms with Gasteiger partial charge in [0.1, 0.15) is 5.82 Å². The molecule has 0 atom stereocenters. The van der Waals surface area contributed by atoms with Crippen LogP contribution in [0.3, 0.4) is 0 Å². The third kappa shape index (κ3) is 4.73. The highest BCUT2D eigenvalue weighted by Crippen LogP contribution is 2.17. The van der Waals surface area contributed by atoms with Crippen LogP contribution in [0.15, 0.2) is 18.2 Å². The van der Waals surface area contributed by atoms with Gasteiger partial charge in [-0.05, 0) is 61.1 Å². The van der Waals surface area contributed by atoms with Gasteiger partial charge in [0.15, 0.2) is 0 Å². The molecular formula is C14H17FINO3. The van der Waals surface area contributed by atoms with E-state index in [1.165, 1.54) is 18.2 Å². The van der Waals surface area contributed by atoms with E-state index in [-0.39, 0.29) is 24.2 Å². The Morgan fingerprint density at radius 1 is 1.40 bits per heavy atom. The number of carbonyl (C=O) groups excluding carboxylic acids is 1. The van der Waals surface area contributed by atoms with E-state index < -0.39 is 5.97 Å². The standard InChI is InChI=1S/C14H17FINO3/c1-9(2)17(7-3-4-13(18)19)14(20)11-6-5-10(15)8-12(11)16/h5-6,8-9H,3-4,7H2,1-2H3,(H,18,19). The first-order valence-electron chi connectivity index (χ1n) is 6.30. The molecule has 1 aromatic carbocycles. The normalized spacial score (nSPS) is 10.7. The van der Waals surface area contributed by atoms with Crippen molar-refractivity contribution in [1.29, 1.82) is 0 Å². The Labute approximate surface area is 131 Å². The number of hydrogen-bond acceptors (Lipinski definition) is 2. The first kappa shape index (κ1) is 16.9. The summed E-state index contributed by atoms with van der Waals surface area (Å²) in [5.74, 6) is -1.46. The zero-order chi connectivity index (χ0) is 15.3. The van der Waals surface area contributed by atoms with Gasteiger partial charge in [0, 0.05) is 22.6 Å². The van der Waals surface area contributed by atoms with Crippen molar-refractivity contribution >= 4 is 34.5 Å². The zero-order valence-electron chi connectivity index (χ0n) is 11.4. The summed E-state index contributed by atoms with van der Waals surface area (Å²) in [6, 6.07) is 3.98. The molecule has 0 saturated carbocycles. The van der Waals surface area contributed by atoms with Crippen LogP contribution in [0.25, 0.3) is 0 Å². The van der Waals surface area contributed by atoms with Crippen LogP contribution in [-0.4, -0.2) is 34.5 Å². The first-order chi connectivity index (χ1) is 9.32. The fraction of sp³-hybridized carbons (Fsp3) is 0.429. The van der Waals surface area contributed by atoms with E-state index >= 15 is 0 Å². The number of hydrogen-bond donors (Lipinski definition) is 1. The summed E-state index contributed by atoms with van der Waals surface area (Å²) >= 11 is 1.92.